The van der Waals surface area contributed by atoms with Gasteiger partial charge in [0, 0.05) is 12.5 Å². The molecule has 1 aliphatic heterocycles. The predicted molar refractivity (Wildman–Crippen MR) is 123 cm³/mol. The molecule has 1 aromatic heterocycles. The second kappa shape index (κ2) is 9.70. The fourth-order valence-electron chi connectivity index (χ4n) is 3.14. The number of thioether (sulfide) groups is 1. The number of hydrogen-bond acceptors (Lipinski definition) is 5. The summed E-state index contributed by atoms with van der Waals surface area (Å²) in [7, 11) is 0. The summed E-state index contributed by atoms with van der Waals surface area (Å²) in [5, 5.41) is 14.6. The van der Waals surface area contributed by atoms with Crippen molar-refractivity contribution < 1.29 is 23.1 Å². The monoisotopic (exact) mass is 482 g/mol. The van der Waals surface area contributed by atoms with Crippen molar-refractivity contribution in [3.8, 4) is 0 Å². The van der Waals surface area contributed by atoms with Crippen LogP contribution in [-0.2, 0) is 17.4 Å². The van der Waals surface area contributed by atoms with Gasteiger partial charge < -0.3 is 10.4 Å². The van der Waals surface area contributed by atoms with Gasteiger partial charge in [-0.2, -0.15) is 13.2 Å². The van der Waals surface area contributed by atoms with Crippen LogP contribution < -0.4 is 5.32 Å². The topological polar surface area (TPSA) is 61.7 Å². The highest BCUT2D eigenvalue weighted by Gasteiger charge is 2.31. The molecule has 0 fully saturated rings. The lowest BCUT2D eigenvalue weighted by Crippen LogP contribution is -2.26. The summed E-state index contributed by atoms with van der Waals surface area (Å²) in [6.07, 6.45) is -0.842. The Kier molecular flexibility index (Phi) is 7.39. The summed E-state index contributed by atoms with van der Waals surface area (Å²) in [5.41, 5.74) is 1.91. The maximum absolute atomic E-state index is 12.8. The number of aliphatic imine (C=N–C) groups is 1. The van der Waals surface area contributed by atoms with Crippen molar-refractivity contribution in [1.29, 1.82) is 0 Å². The normalized spacial score (nSPS) is 17.0. The van der Waals surface area contributed by atoms with E-state index in [2.05, 4.69) is 10.3 Å². The van der Waals surface area contributed by atoms with Gasteiger partial charge in [0.1, 0.15) is 10.6 Å². The summed E-state index contributed by atoms with van der Waals surface area (Å²) in [6.45, 7) is 6.02. The quantitative estimate of drug-likeness (QED) is 0.438. The van der Waals surface area contributed by atoms with Gasteiger partial charge in [0.05, 0.1) is 15.5 Å². The van der Waals surface area contributed by atoms with Crippen molar-refractivity contribution in [3.63, 3.8) is 0 Å². The zero-order chi connectivity index (χ0) is 23.5. The molecule has 0 radical (unpaired) electrons. The standard InChI is InChI=1S/C23H25F3N2O2S2/c1-14-4-9-18(28-20(14)16-5-7-17(8-6-16)23(24,25)26)27-11-10-15-12-19(31-13-15)32-22(2,3)21(29)30/h5-9,12-14,27H,4,10-11H2,1-3H3,(H,29,30). The fraction of sp³-hybridized carbons (Fsp3) is 0.391. The predicted octanol–water partition coefficient (Wildman–Crippen LogP) is 6.22. The minimum absolute atomic E-state index is 0.117. The number of hydrogen-bond donors (Lipinski definition) is 2. The molecule has 0 saturated carbocycles. The molecule has 1 atom stereocenters. The molecule has 2 heterocycles. The van der Waals surface area contributed by atoms with Gasteiger partial charge in [-0.15, -0.1) is 11.3 Å². The van der Waals surface area contributed by atoms with E-state index >= 15 is 0 Å². The summed E-state index contributed by atoms with van der Waals surface area (Å²) >= 11 is 2.86. The van der Waals surface area contributed by atoms with E-state index < -0.39 is 22.5 Å². The van der Waals surface area contributed by atoms with Gasteiger partial charge in [0.15, 0.2) is 0 Å². The molecular weight excluding hydrogens is 457 g/mol. The third-order valence-corrected chi connectivity index (χ3v) is 7.41. The van der Waals surface area contributed by atoms with Crippen LogP contribution >= 0.6 is 23.1 Å². The molecule has 1 aromatic carbocycles. The Morgan fingerprint density at radius 1 is 1.28 bits per heavy atom. The summed E-state index contributed by atoms with van der Waals surface area (Å²) in [6, 6.07) is 7.14. The maximum Gasteiger partial charge on any atom is 0.416 e. The smallest absolute Gasteiger partial charge is 0.416 e. The average Bonchev–Trinajstić information content (AvgIpc) is 3.15. The van der Waals surface area contributed by atoms with Gasteiger partial charge in [-0.05, 0) is 67.5 Å². The van der Waals surface area contributed by atoms with E-state index in [1.807, 2.05) is 24.4 Å². The highest BCUT2D eigenvalue weighted by Crippen LogP contribution is 2.37. The molecule has 3 rings (SSSR count). The van der Waals surface area contributed by atoms with Crippen molar-refractivity contribution in [3.05, 3.63) is 64.3 Å². The molecule has 0 aliphatic carbocycles. The Morgan fingerprint density at radius 3 is 2.59 bits per heavy atom. The van der Waals surface area contributed by atoms with Crippen LogP contribution in [0, 0.1) is 5.92 Å². The van der Waals surface area contributed by atoms with Gasteiger partial charge >= 0.3 is 12.1 Å². The van der Waals surface area contributed by atoms with Crippen LogP contribution in [0.1, 0.15) is 43.9 Å². The molecule has 32 heavy (non-hydrogen) atoms. The third-order valence-electron chi connectivity index (χ3n) is 5.10. The van der Waals surface area contributed by atoms with E-state index in [1.54, 1.807) is 13.8 Å². The Bertz CT molecular complexity index is 1020. The lowest BCUT2D eigenvalue weighted by molar-refractivity contribution is -0.139. The molecule has 1 aliphatic rings. The number of allylic oxidation sites excluding steroid dienone is 1. The van der Waals surface area contributed by atoms with Gasteiger partial charge in [-0.25, -0.2) is 4.99 Å². The lowest BCUT2D eigenvalue weighted by Gasteiger charge is -2.20. The second-order valence-electron chi connectivity index (χ2n) is 8.17. The Labute approximate surface area is 193 Å². The van der Waals surface area contributed by atoms with Crippen molar-refractivity contribution in [1.82, 2.24) is 5.32 Å². The first-order chi connectivity index (χ1) is 15.0. The molecular formula is C23H25F3N2O2S2. The number of benzene rings is 1. The molecule has 2 aromatic rings. The summed E-state index contributed by atoms with van der Waals surface area (Å²) in [5.74, 6) is -0.0135. The fourth-order valence-corrected chi connectivity index (χ4v) is 5.58. The largest absolute Gasteiger partial charge is 0.480 e. The number of carboxylic acid groups (broad SMARTS) is 1. The summed E-state index contributed by atoms with van der Waals surface area (Å²) < 4.78 is 38.5. The first kappa shape index (κ1) is 24.4. The first-order valence-corrected chi connectivity index (χ1v) is 11.9. The molecule has 2 N–H and O–H groups in total. The van der Waals surface area contributed by atoms with Crippen LogP contribution in [0.3, 0.4) is 0 Å². The number of carbonyl (C=O) groups is 1. The first-order valence-electron chi connectivity index (χ1n) is 10.2. The second-order valence-corrected chi connectivity index (χ2v) is 11.0. The van der Waals surface area contributed by atoms with E-state index in [0.717, 1.165) is 46.3 Å². The van der Waals surface area contributed by atoms with Crippen LogP contribution in [-0.4, -0.2) is 28.1 Å². The minimum atomic E-state index is -4.35. The van der Waals surface area contributed by atoms with E-state index in [1.165, 1.54) is 35.2 Å². The lowest BCUT2D eigenvalue weighted by atomic mass is 9.93. The summed E-state index contributed by atoms with van der Waals surface area (Å²) in [4.78, 5) is 15.9. The van der Waals surface area contributed by atoms with Crippen LogP contribution in [0.5, 0.6) is 0 Å². The number of aliphatic carboxylic acids is 1. The van der Waals surface area contributed by atoms with Crippen molar-refractivity contribution in [2.75, 3.05) is 6.54 Å². The van der Waals surface area contributed by atoms with Gasteiger partial charge in [-0.1, -0.05) is 30.8 Å². The molecule has 172 valence electrons. The average molecular weight is 483 g/mol. The van der Waals surface area contributed by atoms with Gasteiger partial charge in [0.25, 0.3) is 0 Å². The third kappa shape index (κ3) is 6.16. The highest BCUT2D eigenvalue weighted by molar-refractivity contribution is 8.03. The maximum atomic E-state index is 12.8. The van der Waals surface area contributed by atoms with Gasteiger partial charge in [0.2, 0.25) is 0 Å². The molecule has 0 spiro atoms. The zero-order valence-corrected chi connectivity index (χ0v) is 19.6. The van der Waals surface area contributed by atoms with E-state index in [-0.39, 0.29) is 5.92 Å². The van der Waals surface area contributed by atoms with Crippen LogP contribution in [0.2, 0.25) is 0 Å². The SMILES string of the molecule is CC1CC=C(NCCc2csc(SC(C)(C)C(=O)O)c2)N=C1c1ccc(C(F)(F)F)cc1. The van der Waals surface area contributed by atoms with Gasteiger partial charge in [-0.3, -0.25) is 4.79 Å². The number of nitrogens with one attached hydrogen (secondary N) is 1. The molecule has 0 bridgehead atoms. The molecule has 9 heteroatoms. The van der Waals surface area contributed by atoms with Crippen molar-refractivity contribution in [2.24, 2.45) is 10.9 Å². The number of alkyl halides is 3. The van der Waals surface area contributed by atoms with Crippen molar-refractivity contribution in [2.45, 2.75) is 48.7 Å². The van der Waals surface area contributed by atoms with Crippen LogP contribution in [0.15, 0.2) is 56.8 Å². The Balaban J connectivity index is 1.59. The van der Waals surface area contributed by atoms with E-state index in [9.17, 15) is 23.1 Å². The number of nitrogens with zero attached hydrogens (tertiary/aromatic N) is 1. The van der Waals surface area contributed by atoms with E-state index in [4.69, 9.17) is 0 Å². The van der Waals surface area contributed by atoms with Crippen LogP contribution in [0.25, 0.3) is 0 Å². The molecule has 1 unspecified atom stereocenters. The Morgan fingerprint density at radius 2 is 1.97 bits per heavy atom. The number of carboxylic acids is 1. The number of rotatable bonds is 8. The van der Waals surface area contributed by atoms with E-state index in [0.29, 0.717) is 12.1 Å². The molecule has 0 saturated heterocycles. The highest BCUT2D eigenvalue weighted by atomic mass is 32.2. The van der Waals surface area contributed by atoms with Crippen molar-refractivity contribution >= 4 is 34.8 Å². The van der Waals surface area contributed by atoms with Crippen LogP contribution in [0.4, 0.5) is 13.2 Å². The minimum Gasteiger partial charge on any atom is -0.480 e. The Hall–Kier alpha value is -2.26. The molecule has 0 amide bonds. The number of thiophene rings is 1. The zero-order valence-electron chi connectivity index (χ0n) is 18.0. The molecule has 4 nitrogen and oxygen atoms in total. The number of halogens is 3.